The van der Waals surface area contributed by atoms with Crippen LogP contribution in [0.4, 0.5) is 8.78 Å². The Morgan fingerprint density at radius 3 is 1.59 bits per heavy atom. The van der Waals surface area contributed by atoms with Crippen molar-refractivity contribution in [2.45, 2.75) is 25.7 Å². The number of rotatable bonds is 6. The van der Waals surface area contributed by atoms with E-state index in [2.05, 4.69) is 31.9 Å². The van der Waals surface area contributed by atoms with E-state index in [1.165, 1.54) is 12.1 Å². The first kappa shape index (κ1) is 17.3. The molecule has 0 spiro atoms. The summed E-state index contributed by atoms with van der Waals surface area (Å²) in [7, 11) is 0. The van der Waals surface area contributed by atoms with E-state index in [1.807, 2.05) is 0 Å². The Hall–Kier alpha value is -1.07. The van der Waals surface area contributed by atoms with Crippen molar-refractivity contribution in [3.8, 4) is 0 Å². The van der Waals surface area contributed by atoms with Crippen molar-refractivity contribution in [1.82, 2.24) is 0 Å². The molecule has 22 heavy (non-hydrogen) atoms. The maximum Gasteiger partial charge on any atom is 0.137 e. The normalized spacial score (nSPS) is 10.7. The van der Waals surface area contributed by atoms with Crippen molar-refractivity contribution >= 4 is 37.6 Å². The summed E-state index contributed by atoms with van der Waals surface area (Å²) in [5.41, 5.74) is 1.59. The van der Waals surface area contributed by atoms with E-state index in [0.717, 1.165) is 11.1 Å². The van der Waals surface area contributed by atoms with Crippen LogP contribution < -0.4 is 0 Å². The van der Waals surface area contributed by atoms with E-state index in [0.29, 0.717) is 34.6 Å². The van der Waals surface area contributed by atoms with Crippen LogP contribution >= 0.6 is 31.9 Å². The molecule has 2 aromatic carbocycles. The first-order valence-corrected chi connectivity index (χ1v) is 8.44. The molecule has 1 nitrogen and oxygen atoms in total. The largest absolute Gasteiger partial charge is 0.300 e. The summed E-state index contributed by atoms with van der Waals surface area (Å²) in [6.07, 6.45) is 1.75. The molecule has 0 heterocycles. The highest BCUT2D eigenvalue weighted by Crippen LogP contribution is 2.19. The molecule has 5 heteroatoms. The van der Waals surface area contributed by atoms with Crippen molar-refractivity contribution < 1.29 is 13.6 Å². The van der Waals surface area contributed by atoms with E-state index >= 15 is 0 Å². The van der Waals surface area contributed by atoms with Gasteiger partial charge in [-0.15, -0.1) is 0 Å². The SMILES string of the molecule is O=C(CCc1ccc(Br)c(F)c1)CCc1ccc(Br)c(F)c1. The number of aryl methyl sites for hydroxylation is 2. The zero-order chi connectivity index (χ0) is 16.1. The van der Waals surface area contributed by atoms with Gasteiger partial charge in [0.1, 0.15) is 17.4 Å². The molecule has 0 aromatic heterocycles. The molecular formula is C17H14Br2F2O. The fourth-order valence-corrected chi connectivity index (χ4v) is 2.58. The summed E-state index contributed by atoms with van der Waals surface area (Å²) in [4.78, 5) is 11.9. The maximum absolute atomic E-state index is 13.4. The Morgan fingerprint density at radius 2 is 1.23 bits per heavy atom. The summed E-state index contributed by atoms with van der Waals surface area (Å²) in [5.74, 6) is -0.558. The van der Waals surface area contributed by atoms with Crippen LogP contribution in [-0.4, -0.2) is 5.78 Å². The first-order chi connectivity index (χ1) is 10.5. The predicted molar refractivity (Wildman–Crippen MR) is 89.8 cm³/mol. The average molecular weight is 432 g/mol. The Kier molecular flexibility index (Phi) is 6.26. The maximum atomic E-state index is 13.4. The van der Waals surface area contributed by atoms with Gasteiger partial charge in [-0.25, -0.2) is 8.78 Å². The molecule has 2 rings (SSSR count). The molecule has 116 valence electrons. The monoisotopic (exact) mass is 430 g/mol. The van der Waals surface area contributed by atoms with Crippen molar-refractivity contribution in [1.29, 1.82) is 0 Å². The van der Waals surface area contributed by atoms with E-state index in [1.54, 1.807) is 24.3 Å². The number of benzene rings is 2. The van der Waals surface area contributed by atoms with E-state index in [9.17, 15) is 13.6 Å². The quantitative estimate of drug-likeness (QED) is 0.579. The van der Waals surface area contributed by atoms with Gasteiger partial charge in [0.2, 0.25) is 0 Å². The minimum atomic E-state index is -0.324. The molecule has 0 bridgehead atoms. The Bertz CT molecular complexity index is 629. The number of carbonyl (C=O) groups is 1. The second-order valence-corrected chi connectivity index (χ2v) is 6.74. The van der Waals surface area contributed by atoms with Gasteiger partial charge < -0.3 is 0 Å². The lowest BCUT2D eigenvalue weighted by atomic mass is 10.0. The third-order valence-corrected chi connectivity index (χ3v) is 4.64. The van der Waals surface area contributed by atoms with E-state index in [-0.39, 0.29) is 17.4 Å². The van der Waals surface area contributed by atoms with Gasteiger partial charge in [-0.1, -0.05) is 12.1 Å². The lowest BCUT2D eigenvalue weighted by Gasteiger charge is -2.04. The minimum absolute atomic E-state index is 0.0895. The molecule has 0 unspecified atom stereocenters. The minimum Gasteiger partial charge on any atom is -0.300 e. The van der Waals surface area contributed by atoms with Crippen molar-refractivity contribution in [2.24, 2.45) is 0 Å². The Balaban J connectivity index is 1.82. The second-order valence-electron chi connectivity index (χ2n) is 5.04. The second kappa shape index (κ2) is 7.97. The molecular weight excluding hydrogens is 418 g/mol. The molecule has 0 saturated heterocycles. The highest BCUT2D eigenvalue weighted by Gasteiger charge is 2.07. The molecule has 2 aromatic rings. The summed E-state index contributed by atoms with van der Waals surface area (Å²) in [5, 5.41) is 0. The van der Waals surface area contributed by atoms with Crippen molar-refractivity contribution in [3.63, 3.8) is 0 Å². The molecule has 0 amide bonds. The Morgan fingerprint density at radius 1 is 0.818 bits per heavy atom. The van der Waals surface area contributed by atoms with Crippen LogP contribution in [0.3, 0.4) is 0 Å². The third kappa shape index (κ3) is 4.99. The van der Waals surface area contributed by atoms with Crippen molar-refractivity contribution in [3.05, 3.63) is 68.1 Å². The molecule has 0 N–H and O–H groups in total. The highest BCUT2D eigenvalue weighted by atomic mass is 79.9. The van der Waals surface area contributed by atoms with Gasteiger partial charge in [-0.05, 0) is 80.1 Å². The number of Topliss-reactive ketones (excluding diaryl/α,β-unsaturated/α-hetero) is 1. The van der Waals surface area contributed by atoms with Gasteiger partial charge in [-0.2, -0.15) is 0 Å². The lowest BCUT2D eigenvalue weighted by Crippen LogP contribution is -2.02. The summed E-state index contributed by atoms with van der Waals surface area (Å²) < 4.78 is 27.6. The molecule has 0 aliphatic carbocycles. The molecule has 0 saturated carbocycles. The van der Waals surface area contributed by atoms with Gasteiger partial charge in [0.25, 0.3) is 0 Å². The van der Waals surface area contributed by atoms with Gasteiger partial charge >= 0.3 is 0 Å². The van der Waals surface area contributed by atoms with Gasteiger partial charge in [-0.3, -0.25) is 4.79 Å². The summed E-state index contributed by atoms with van der Waals surface area (Å²) in [6.45, 7) is 0. The predicted octanol–water partition coefficient (Wildman–Crippen LogP) is 5.62. The third-order valence-electron chi connectivity index (χ3n) is 3.35. The van der Waals surface area contributed by atoms with E-state index in [4.69, 9.17) is 0 Å². The topological polar surface area (TPSA) is 17.1 Å². The smallest absolute Gasteiger partial charge is 0.137 e. The van der Waals surface area contributed by atoms with Crippen LogP contribution in [-0.2, 0) is 17.6 Å². The van der Waals surface area contributed by atoms with Gasteiger partial charge in [0.05, 0.1) is 8.95 Å². The standard InChI is InChI=1S/C17H14Br2F2O/c18-14-7-3-11(9-16(14)20)1-5-13(22)6-2-12-4-8-15(19)17(21)10-12/h3-4,7-10H,1-2,5-6H2. The summed E-state index contributed by atoms with van der Waals surface area (Å²) >= 11 is 6.19. The molecule has 0 fully saturated rings. The van der Waals surface area contributed by atoms with Crippen LogP contribution in [0.1, 0.15) is 24.0 Å². The molecule has 0 atom stereocenters. The average Bonchev–Trinajstić information content (AvgIpc) is 2.49. The van der Waals surface area contributed by atoms with Crippen LogP contribution in [0.15, 0.2) is 45.3 Å². The number of hydrogen-bond acceptors (Lipinski definition) is 1. The van der Waals surface area contributed by atoms with E-state index < -0.39 is 0 Å². The number of carbonyl (C=O) groups excluding carboxylic acids is 1. The fraction of sp³-hybridized carbons (Fsp3) is 0.235. The summed E-state index contributed by atoms with van der Waals surface area (Å²) in [6, 6.07) is 9.73. The van der Waals surface area contributed by atoms with Gasteiger partial charge in [0, 0.05) is 12.8 Å². The lowest BCUT2D eigenvalue weighted by molar-refractivity contribution is -0.119. The highest BCUT2D eigenvalue weighted by molar-refractivity contribution is 9.10. The van der Waals surface area contributed by atoms with Gasteiger partial charge in [0.15, 0.2) is 0 Å². The Labute approximate surface area is 145 Å². The zero-order valence-electron chi connectivity index (χ0n) is 11.7. The van der Waals surface area contributed by atoms with Crippen LogP contribution in [0.25, 0.3) is 0 Å². The van der Waals surface area contributed by atoms with Crippen molar-refractivity contribution in [2.75, 3.05) is 0 Å². The van der Waals surface area contributed by atoms with Crippen LogP contribution in [0.2, 0.25) is 0 Å². The number of halogens is 4. The van der Waals surface area contributed by atoms with Crippen LogP contribution in [0.5, 0.6) is 0 Å². The van der Waals surface area contributed by atoms with Crippen LogP contribution in [0, 0.1) is 11.6 Å². The number of ketones is 1. The number of hydrogen-bond donors (Lipinski definition) is 0. The zero-order valence-corrected chi connectivity index (χ0v) is 14.9. The fourth-order valence-electron chi connectivity index (χ4n) is 2.08. The first-order valence-electron chi connectivity index (χ1n) is 6.85. The molecule has 0 radical (unpaired) electrons. The molecule has 0 aliphatic heterocycles. The molecule has 0 aliphatic rings.